The van der Waals surface area contributed by atoms with Gasteiger partial charge in [0.2, 0.25) is 0 Å². The Hall–Kier alpha value is -2.80. The Labute approximate surface area is 207 Å². The van der Waals surface area contributed by atoms with E-state index in [9.17, 15) is 5.11 Å². The number of ether oxygens (including phenoxy) is 4. The number of rotatable bonds is 12. The van der Waals surface area contributed by atoms with Crippen molar-refractivity contribution < 1.29 is 24.1 Å². The first-order chi connectivity index (χ1) is 17.2. The van der Waals surface area contributed by atoms with Crippen LogP contribution in [0.25, 0.3) is 0 Å². The summed E-state index contributed by atoms with van der Waals surface area (Å²) in [6.07, 6.45) is -0.410. The molecule has 1 N–H and O–H groups in total. The van der Waals surface area contributed by atoms with Crippen LogP contribution in [0.1, 0.15) is 23.1 Å². The van der Waals surface area contributed by atoms with Gasteiger partial charge in [0.15, 0.2) is 0 Å². The Morgan fingerprint density at radius 1 is 0.686 bits per heavy atom. The zero-order valence-electron chi connectivity index (χ0n) is 19.9. The van der Waals surface area contributed by atoms with Crippen molar-refractivity contribution in [2.45, 2.75) is 56.8 Å². The largest absolute Gasteiger partial charge is 0.387 e. The molecule has 1 fully saturated rings. The van der Waals surface area contributed by atoms with E-state index in [0.29, 0.717) is 26.2 Å². The van der Waals surface area contributed by atoms with Gasteiger partial charge in [-0.25, -0.2) is 0 Å². The molecule has 0 saturated carbocycles. The van der Waals surface area contributed by atoms with Gasteiger partial charge in [-0.15, -0.1) is 6.58 Å². The quantitative estimate of drug-likeness (QED) is 0.371. The second kappa shape index (κ2) is 13.3. The maximum absolute atomic E-state index is 11.3. The van der Waals surface area contributed by atoms with E-state index in [0.717, 1.165) is 16.7 Å². The summed E-state index contributed by atoms with van der Waals surface area (Å²) in [5.41, 5.74) is 3.15. The minimum absolute atomic E-state index is 0.250. The monoisotopic (exact) mass is 474 g/mol. The number of aliphatic hydroxyl groups excluding tert-OH is 1. The lowest BCUT2D eigenvalue weighted by Crippen LogP contribution is -2.60. The summed E-state index contributed by atoms with van der Waals surface area (Å²) in [6, 6.07) is 29.9. The molecule has 0 radical (unpaired) electrons. The molecule has 0 aliphatic carbocycles. The first-order valence-corrected chi connectivity index (χ1v) is 12.1. The van der Waals surface area contributed by atoms with E-state index in [4.69, 9.17) is 18.9 Å². The van der Waals surface area contributed by atoms with Crippen LogP contribution in [-0.2, 0) is 38.8 Å². The Kier molecular flexibility index (Phi) is 9.64. The summed E-state index contributed by atoms with van der Waals surface area (Å²) in [7, 11) is 0. The average molecular weight is 475 g/mol. The minimum Gasteiger partial charge on any atom is -0.387 e. The van der Waals surface area contributed by atoms with Crippen molar-refractivity contribution in [3.05, 3.63) is 120 Å². The van der Waals surface area contributed by atoms with Gasteiger partial charge in [0.1, 0.15) is 24.4 Å². The maximum atomic E-state index is 11.3. The number of hydrogen-bond acceptors (Lipinski definition) is 5. The molecule has 1 heterocycles. The zero-order valence-corrected chi connectivity index (χ0v) is 19.9. The summed E-state index contributed by atoms with van der Waals surface area (Å²) < 4.78 is 24.9. The fourth-order valence-electron chi connectivity index (χ4n) is 4.29. The molecule has 1 aliphatic heterocycles. The molecule has 0 unspecified atom stereocenters. The molecule has 0 bridgehead atoms. The van der Waals surface area contributed by atoms with E-state index < -0.39 is 24.4 Å². The molecule has 0 amide bonds. The highest BCUT2D eigenvalue weighted by Gasteiger charge is 2.46. The fourth-order valence-corrected chi connectivity index (χ4v) is 4.29. The highest BCUT2D eigenvalue weighted by atomic mass is 16.6. The Balaban J connectivity index is 1.47. The van der Waals surface area contributed by atoms with Gasteiger partial charge in [0.25, 0.3) is 0 Å². The third kappa shape index (κ3) is 7.34. The fraction of sp³-hybridized carbons (Fsp3) is 0.333. The molecular formula is C30H34O5. The molecule has 0 spiro atoms. The Bertz CT molecular complexity index is 995. The van der Waals surface area contributed by atoms with Crippen LogP contribution in [0.2, 0.25) is 0 Å². The molecule has 4 rings (SSSR count). The van der Waals surface area contributed by atoms with Gasteiger partial charge in [-0.1, -0.05) is 97.1 Å². The van der Waals surface area contributed by atoms with Gasteiger partial charge in [0, 0.05) is 0 Å². The summed E-state index contributed by atoms with van der Waals surface area (Å²) in [5, 5.41) is 11.3. The van der Waals surface area contributed by atoms with E-state index >= 15 is 0 Å². The van der Waals surface area contributed by atoms with Gasteiger partial charge in [0.05, 0.1) is 32.5 Å². The highest BCUT2D eigenvalue weighted by Crippen LogP contribution is 2.30. The maximum Gasteiger partial charge on any atom is 0.115 e. The number of aliphatic hydroxyl groups is 1. The van der Waals surface area contributed by atoms with Gasteiger partial charge in [-0.2, -0.15) is 0 Å². The topological polar surface area (TPSA) is 57.2 Å². The van der Waals surface area contributed by atoms with Crippen molar-refractivity contribution in [2.75, 3.05) is 6.61 Å². The van der Waals surface area contributed by atoms with E-state index in [2.05, 4.69) is 6.58 Å². The van der Waals surface area contributed by atoms with Crippen LogP contribution in [0.3, 0.4) is 0 Å². The summed E-state index contributed by atoms with van der Waals surface area (Å²) in [5.74, 6) is 0. The molecule has 5 heteroatoms. The third-order valence-electron chi connectivity index (χ3n) is 6.12. The molecular weight excluding hydrogens is 440 g/mol. The first kappa shape index (κ1) is 25.3. The van der Waals surface area contributed by atoms with Crippen LogP contribution in [0.15, 0.2) is 104 Å². The lowest BCUT2D eigenvalue weighted by atomic mass is 9.93. The van der Waals surface area contributed by atoms with Gasteiger partial charge in [-0.05, 0) is 23.1 Å². The predicted octanol–water partition coefficient (Wildman–Crippen LogP) is 5.08. The number of hydrogen-bond donors (Lipinski definition) is 1. The molecule has 184 valence electrons. The summed E-state index contributed by atoms with van der Waals surface area (Å²) in [4.78, 5) is 0. The third-order valence-corrected chi connectivity index (χ3v) is 6.12. The first-order valence-electron chi connectivity index (χ1n) is 12.1. The Morgan fingerprint density at radius 3 is 1.69 bits per heavy atom. The van der Waals surface area contributed by atoms with Crippen molar-refractivity contribution in [1.82, 2.24) is 0 Å². The molecule has 1 saturated heterocycles. The molecule has 35 heavy (non-hydrogen) atoms. The molecule has 3 aromatic rings. The summed E-state index contributed by atoms with van der Waals surface area (Å²) in [6.45, 7) is 5.37. The van der Waals surface area contributed by atoms with E-state index in [1.54, 1.807) is 0 Å². The molecule has 5 atom stereocenters. The second-order valence-electron chi connectivity index (χ2n) is 8.75. The van der Waals surface area contributed by atoms with Crippen molar-refractivity contribution in [2.24, 2.45) is 0 Å². The van der Waals surface area contributed by atoms with Crippen molar-refractivity contribution in [3.63, 3.8) is 0 Å². The van der Waals surface area contributed by atoms with E-state index in [-0.39, 0.29) is 12.7 Å². The number of benzene rings is 3. The average Bonchev–Trinajstić information content (AvgIpc) is 2.90. The molecule has 5 nitrogen and oxygen atoms in total. The normalized spacial score (nSPS) is 24.2. The highest BCUT2D eigenvalue weighted by molar-refractivity contribution is 5.15. The Morgan fingerprint density at radius 2 is 1.17 bits per heavy atom. The van der Waals surface area contributed by atoms with Crippen LogP contribution in [0.5, 0.6) is 0 Å². The van der Waals surface area contributed by atoms with Crippen molar-refractivity contribution in [3.8, 4) is 0 Å². The van der Waals surface area contributed by atoms with E-state index in [1.807, 2.05) is 97.1 Å². The van der Waals surface area contributed by atoms with Crippen LogP contribution < -0.4 is 0 Å². The van der Waals surface area contributed by atoms with Crippen LogP contribution in [-0.4, -0.2) is 42.2 Å². The predicted molar refractivity (Wildman–Crippen MR) is 136 cm³/mol. The SMILES string of the molecule is C=CC[C@H]1O[C@H](COCc2ccccc2)[C@H](O)[C@H](OCc2ccccc2)[C@H]1OCc1ccccc1. The van der Waals surface area contributed by atoms with Gasteiger partial charge in [-0.3, -0.25) is 0 Å². The molecule has 3 aromatic carbocycles. The lowest BCUT2D eigenvalue weighted by molar-refractivity contribution is -0.259. The second-order valence-corrected chi connectivity index (χ2v) is 8.75. The molecule has 1 aliphatic rings. The standard InChI is InChI=1S/C30H34O5/c1-2-12-26-29(33-20-24-15-8-4-9-16-24)30(34-21-25-17-10-5-11-18-25)28(31)27(35-26)22-32-19-23-13-6-3-7-14-23/h2-11,13-18,26-31H,1,12,19-22H2/t26-,27-,28+,29+,30+/m1/s1. The van der Waals surface area contributed by atoms with Crippen molar-refractivity contribution in [1.29, 1.82) is 0 Å². The summed E-state index contributed by atoms with van der Waals surface area (Å²) >= 11 is 0. The van der Waals surface area contributed by atoms with E-state index in [1.165, 1.54) is 0 Å². The van der Waals surface area contributed by atoms with Gasteiger partial charge >= 0.3 is 0 Å². The van der Waals surface area contributed by atoms with Crippen LogP contribution >= 0.6 is 0 Å². The zero-order chi connectivity index (χ0) is 24.3. The minimum atomic E-state index is -0.906. The van der Waals surface area contributed by atoms with Gasteiger partial charge < -0.3 is 24.1 Å². The van der Waals surface area contributed by atoms with Crippen molar-refractivity contribution >= 4 is 0 Å². The van der Waals surface area contributed by atoms with Crippen LogP contribution in [0.4, 0.5) is 0 Å². The van der Waals surface area contributed by atoms with Crippen LogP contribution in [0, 0.1) is 0 Å². The lowest BCUT2D eigenvalue weighted by Gasteiger charge is -2.44. The smallest absolute Gasteiger partial charge is 0.115 e. The molecule has 0 aromatic heterocycles.